The summed E-state index contributed by atoms with van der Waals surface area (Å²) in [6.07, 6.45) is -0.467. The predicted octanol–water partition coefficient (Wildman–Crippen LogP) is 4.79. The van der Waals surface area contributed by atoms with Crippen LogP contribution in [0.2, 0.25) is 5.02 Å². The van der Waals surface area contributed by atoms with Crippen molar-refractivity contribution in [1.29, 1.82) is 0 Å². The number of amides is 1. The average molecular weight is 435 g/mol. The number of carbonyl (C=O) groups excluding carboxylic acids is 1. The molecule has 1 N–H and O–H groups in total. The monoisotopic (exact) mass is 434 g/mol. The SMILES string of the molecule is Cc1cccc(NC(=O)CSc2nnc(C(C)Oc3ccc(F)cc3Cl)n2C)c1. The minimum Gasteiger partial charge on any atom is -0.481 e. The lowest BCUT2D eigenvalue weighted by Gasteiger charge is -2.15. The molecule has 0 aliphatic heterocycles. The van der Waals surface area contributed by atoms with Crippen LogP contribution in [0.1, 0.15) is 24.4 Å². The number of anilines is 1. The fourth-order valence-electron chi connectivity index (χ4n) is 2.67. The fraction of sp³-hybridized carbons (Fsp3) is 0.250. The van der Waals surface area contributed by atoms with Crippen LogP contribution >= 0.6 is 23.4 Å². The highest BCUT2D eigenvalue weighted by molar-refractivity contribution is 7.99. The van der Waals surface area contributed by atoms with Gasteiger partial charge in [-0.25, -0.2) is 4.39 Å². The molecule has 9 heteroatoms. The number of benzene rings is 2. The highest BCUT2D eigenvalue weighted by atomic mass is 35.5. The number of aromatic nitrogens is 3. The Kier molecular flexibility index (Phi) is 6.76. The van der Waals surface area contributed by atoms with E-state index in [4.69, 9.17) is 16.3 Å². The maximum Gasteiger partial charge on any atom is 0.234 e. The lowest BCUT2D eigenvalue weighted by molar-refractivity contribution is -0.113. The Hall–Kier alpha value is -2.58. The maximum atomic E-state index is 13.2. The summed E-state index contributed by atoms with van der Waals surface area (Å²) in [4.78, 5) is 12.2. The van der Waals surface area contributed by atoms with Gasteiger partial charge >= 0.3 is 0 Å². The van der Waals surface area contributed by atoms with Gasteiger partial charge in [-0.1, -0.05) is 35.5 Å². The van der Waals surface area contributed by atoms with E-state index in [9.17, 15) is 9.18 Å². The maximum absolute atomic E-state index is 13.2. The van der Waals surface area contributed by atoms with E-state index in [0.29, 0.717) is 16.7 Å². The van der Waals surface area contributed by atoms with Gasteiger partial charge in [0.1, 0.15) is 11.6 Å². The number of nitrogens with zero attached hydrogens (tertiary/aromatic N) is 3. The largest absolute Gasteiger partial charge is 0.481 e. The summed E-state index contributed by atoms with van der Waals surface area (Å²) < 4.78 is 20.7. The van der Waals surface area contributed by atoms with E-state index < -0.39 is 11.9 Å². The third-order valence-electron chi connectivity index (χ3n) is 4.06. The quantitative estimate of drug-likeness (QED) is 0.541. The molecule has 1 unspecified atom stereocenters. The molecular formula is C20H20ClFN4O2S. The standard InChI is InChI=1S/C20H20ClFN4O2S/c1-12-5-4-6-15(9-12)23-18(27)11-29-20-25-24-19(26(20)3)13(2)28-17-8-7-14(22)10-16(17)21/h4-10,13H,11H2,1-3H3,(H,23,27). The van der Waals surface area contributed by atoms with E-state index in [2.05, 4.69) is 15.5 Å². The van der Waals surface area contributed by atoms with Crippen LogP contribution in [-0.4, -0.2) is 26.4 Å². The van der Waals surface area contributed by atoms with Crippen LogP contribution in [0.5, 0.6) is 5.75 Å². The van der Waals surface area contributed by atoms with Crippen LogP contribution in [0.3, 0.4) is 0 Å². The summed E-state index contributed by atoms with van der Waals surface area (Å²) in [7, 11) is 1.79. The first-order valence-electron chi connectivity index (χ1n) is 8.84. The van der Waals surface area contributed by atoms with Gasteiger partial charge in [-0.3, -0.25) is 4.79 Å². The summed E-state index contributed by atoms with van der Waals surface area (Å²) in [5.74, 6) is 0.546. The van der Waals surface area contributed by atoms with Gasteiger partial charge in [0, 0.05) is 12.7 Å². The van der Waals surface area contributed by atoms with E-state index >= 15 is 0 Å². The minimum atomic E-state index is -0.467. The van der Waals surface area contributed by atoms with Crippen LogP contribution in [0.15, 0.2) is 47.6 Å². The van der Waals surface area contributed by atoms with Crippen molar-refractivity contribution < 1.29 is 13.9 Å². The van der Waals surface area contributed by atoms with Crippen molar-refractivity contribution in [2.75, 3.05) is 11.1 Å². The van der Waals surface area contributed by atoms with E-state index in [1.807, 2.05) is 31.2 Å². The molecule has 1 aromatic heterocycles. The molecule has 3 aromatic rings. The second-order valence-corrected chi connectivity index (χ2v) is 7.79. The molecule has 3 rings (SSSR count). The van der Waals surface area contributed by atoms with Crippen molar-refractivity contribution in [2.45, 2.75) is 25.1 Å². The summed E-state index contributed by atoms with van der Waals surface area (Å²) in [5.41, 5.74) is 1.83. The highest BCUT2D eigenvalue weighted by Crippen LogP contribution is 2.30. The lowest BCUT2D eigenvalue weighted by atomic mass is 10.2. The van der Waals surface area contributed by atoms with Gasteiger partial charge in [0.15, 0.2) is 17.1 Å². The molecule has 6 nitrogen and oxygen atoms in total. The molecule has 0 aliphatic carbocycles. The number of hydrogen-bond acceptors (Lipinski definition) is 5. The summed E-state index contributed by atoms with van der Waals surface area (Å²) >= 11 is 7.28. The van der Waals surface area contributed by atoms with Crippen molar-refractivity contribution >= 4 is 35.0 Å². The zero-order valence-corrected chi connectivity index (χ0v) is 17.7. The van der Waals surface area contributed by atoms with Crippen molar-refractivity contribution in [3.05, 3.63) is 64.7 Å². The predicted molar refractivity (Wildman–Crippen MR) is 112 cm³/mol. The van der Waals surface area contributed by atoms with Gasteiger partial charge in [-0.05, 0) is 49.7 Å². The van der Waals surface area contributed by atoms with Crippen LogP contribution in [0.25, 0.3) is 0 Å². The van der Waals surface area contributed by atoms with E-state index in [1.54, 1.807) is 18.5 Å². The van der Waals surface area contributed by atoms with Gasteiger partial charge in [0.05, 0.1) is 10.8 Å². The normalized spacial score (nSPS) is 11.9. The molecule has 0 saturated carbocycles. The molecule has 0 fully saturated rings. The number of nitrogens with one attached hydrogen (secondary N) is 1. The van der Waals surface area contributed by atoms with E-state index in [0.717, 1.165) is 11.3 Å². The number of ether oxygens (including phenoxy) is 1. The molecule has 1 amide bonds. The number of thioether (sulfide) groups is 1. The van der Waals surface area contributed by atoms with Crippen LogP contribution < -0.4 is 10.1 Å². The Morgan fingerprint density at radius 1 is 1.31 bits per heavy atom. The van der Waals surface area contributed by atoms with E-state index in [1.165, 1.54) is 30.0 Å². The van der Waals surface area contributed by atoms with Crippen LogP contribution in [-0.2, 0) is 11.8 Å². The van der Waals surface area contributed by atoms with Gasteiger partial charge in [0.2, 0.25) is 5.91 Å². The molecule has 29 heavy (non-hydrogen) atoms. The highest BCUT2D eigenvalue weighted by Gasteiger charge is 2.19. The molecule has 0 radical (unpaired) electrons. The Morgan fingerprint density at radius 2 is 2.10 bits per heavy atom. The Balaban J connectivity index is 1.60. The van der Waals surface area contributed by atoms with Gasteiger partial charge in [-0.2, -0.15) is 0 Å². The Morgan fingerprint density at radius 3 is 2.83 bits per heavy atom. The molecule has 0 aliphatic rings. The Labute approximate surface area is 177 Å². The molecule has 0 saturated heterocycles. The molecule has 152 valence electrons. The van der Waals surface area contributed by atoms with Crippen molar-refractivity contribution in [1.82, 2.24) is 14.8 Å². The average Bonchev–Trinajstić information content (AvgIpc) is 3.03. The third-order valence-corrected chi connectivity index (χ3v) is 5.38. The third kappa shape index (κ3) is 5.48. The topological polar surface area (TPSA) is 69.0 Å². The van der Waals surface area contributed by atoms with Gasteiger partial charge in [-0.15, -0.1) is 10.2 Å². The second-order valence-electron chi connectivity index (χ2n) is 6.44. The number of carbonyl (C=O) groups is 1. The molecule has 1 heterocycles. The smallest absolute Gasteiger partial charge is 0.234 e. The van der Waals surface area contributed by atoms with Crippen molar-refractivity contribution in [3.63, 3.8) is 0 Å². The number of aryl methyl sites for hydroxylation is 1. The lowest BCUT2D eigenvalue weighted by Crippen LogP contribution is -2.15. The summed E-state index contributed by atoms with van der Waals surface area (Å²) in [6.45, 7) is 3.76. The molecule has 0 spiro atoms. The summed E-state index contributed by atoms with van der Waals surface area (Å²) in [6, 6.07) is 11.5. The zero-order valence-electron chi connectivity index (χ0n) is 16.1. The summed E-state index contributed by atoms with van der Waals surface area (Å²) in [5, 5.41) is 11.9. The first-order valence-corrected chi connectivity index (χ1v) is 10.2. The van der Waals surface area contributed by atoms with Crippen LogP contribution in [0.4, 0.5) is 10.1 Å². The number of halogens is 2. The van der Waals surface area contributed by atoms with E-state index in [-0.39, 0.29) is 16.7 Å². The van der Waals surface area contributed by atoms with Crippen molar-refractivity contribution in [2.24, 2.45) is 7.05 Å². The van der Waals surface area contributed by atoms with Gasteiger partial charge < -0.3 is 14.6 Å². The second kappa shape index (κ2) is 9.28. The van der Waals surface area contributed by atoms with Crippen molar-refractivity contribution in [3.8, 4) is 5.75 Å². The molecule has 0 bridgehead atoms. The number of hydrogen-bond donors (Lipinski definition) is 1. The zero-order chi connectivity index (χ0) is 21.0. The Bertz CT molecular complexity index is 1030. The van der Waals surface area contributed by atoms with Gasteiger partial charge in [0.25, 0.3) is 0 Å². The number of rotatable bonds is 7. The molecular weight excluding hydrogens is 415 g/mol. The minimum absolute atomic E-state index is 0.132. The van der Waals surface area contributed by atoms with Crippen LogP contribution in [0, 0.1) is 12.7 Å². The fourth-order valence-corrected chi connectivity index (χ4v) is 3.60. The molecule has 1 atom stereocenters. The first kappa shape index (κ1) is 21.1. The first-order chi connectivity index (χ1) is 13.8. The molecule has 2 aromatic carbocycles.